The maximum Gasteiger partial charge on any atom is 0.191 e. The third kappa shape index (κ3) is 5.11. The summed E-state index contributed by atoms with van der Waals surface area (Å²) in [5.74, 6) is 1.84. The first-order chi connectivity index (χ1) is 12.8. The van der Waals surface area contributed by atoms with Gasteiger partial charge in [0.15, 0.2) is 5.96 Å². The minimum Gasteiger partial charge on any atom is -0.468 e. The zero-order valence-electron chi connectivity index (χ0n) is 15.9. The third-order valence-corrected chi connectivity index (χ3v) is 4.97. The molecule has 1 fully saturated rings. The van der Waals surface area contributed by atoms with Crippen molar-refractivity contribution < 1.29 is 4.42 Å². The summed E-state index contributed by atoms with van der Waals surface area (Å²) >= 11 is 0. The van der Waals surface area contributed by atoms with Crippen molar-refractivity contribution in [3.8, 4) is 0 Å². The molecular formula is C21H30N4O. The Labute approximate surface area is 156 Å². The molecule has 2 aromatic rings. The number of aryl methyl sites for hydroxylation is 1. The molecule has 1 aliphatic heterocycles. The molecule has 0 bridgehead atoms. The normalized spacial score (nSPS) is 17.1. The van der Waals surface area contributed by atoms with Crippen molar-refractivity contribution >= 4 is 5.96 Å². The van der Waals surface area contributed by atoms with Crippen LogP contribution in [0.5, 0.6) is 0 Å². The van der Waals surface area contributed by atoms with Crippen molar-refractivity contribution in [2.75, 3.05) is 26.7 Å². The first-order valence-corrected chi connectivity index (χ1v) is 9.54. The van der Waals surface area contributed by atoms with Gasteiger partial charge < -0.3 is 15.1 Å². The maximum absolute atomic E-state index is 5.71. The minimum absolute atomic E-state index is 0.239. The molecule has 1 aliphatic rings. The van der Waals surface area contributed by atoms with E-state index < -0.39 is 0 Å². The molecule has 0 saturated carbocycles. The number of hydrogen-bond acceptors (Lipinski definition) is 3. The average Bonchev–Trinajstić information content (AvgIpc) is 3.21. The number of likely N-dealkylation sites (tertiary alicyclic amines) is 1. The van der Waals surface area contributed by atoms with Crippen molar-refractivity contribution in [3.63, 3.8) is 0 Å². The van der Waals surface area contributed by atoms with Gasteiger partial charge in [-0.1, -0.05) is 36.2 Å². The smallest absolute Gasteiger partial charge is 0.191 e. The molecule has 2 heterocycles. The lowest BCUT2D eigenvalue weighted by Crippen LogP contribution is -2.44. The van der Waals surface area contributed by atoms with Crippen LogP contribution in [0.3, 0.4) is 0 Å². The van der Waals surface area contributed by atoms with Crippen LogP contribution in [0.2, 0.25) is 0 Å². The molecule has 1 unspecified atom stereocenters. The summed E-state index contributed by atoms with van der Waals surface area (Å²) in [6, 6.07) is 12.8. The quantitative estimate of drug-likeness (QED) is 0.616. The van der Waals surface area contributed by atoms with E-state index in [2.05, 4.69) is 57.8 Å². The van der Waals surface area contributed by atoms with Gasteiger partial charge in [-0.15, -0.1) is 0 Å². The van der Waals surface area contributed by atoms with Gasteiger partial charge in [0, 0.05) is 20.1 Å². The fraction of sp³-hybridized carbons (Fsp3) is 0.476. The first kappa shape index (κ1) is 18.5. The highest BCUT2D eigenvalue weighted by Crippen LogP contribution is 2.24. The Bertz CT molecular complexity index is 673. The van der Waals surface area contributed by atoms with E-state index in [1.807, 2.05) is 13.1 Å². The minimum atomic E-state index is 0.239. The fourth-order valence-corrected chi connectivity index (χ4v) is 3.43. The standard InChI is InChI=1S/C21H30N4O/c1-17-8-10-18(11-9-17)15-23-21(22-2)24-16-19(20-7-6-14-26-20)25-12-4-3-5-13-25/h6-11,14,19H,3-5,12-13,15-16H2,1-2H3,(H2,22,23,24). The molecule has 5 nitrogen and oxygen atoms in total. The second-order valence-corrected chi connectivity index (χ2v) is 6.92. The van der Waals surface area contributed by atoms with E-state index in [9.17, 15) is 0 Å². The molecule has 0 radical (unpaired) electrons. The topological polar surface area (TPSA) is 52.8 Å². The second-order valence-electron chi connectivity index (χ2n) is 6.92. The van der Waals surface area contributed by atoms with Crippen LogP contribution in [-0.4, -0.2) is 37.5 Å². The lowest BCUT2D eigenvalue weighted by molar-refractivity contribution is 0.146. The lowest BCUT2D eigenvalue weighted by Gasteiger charge is -2.33. The predicted molar refractivity (Wildman–Crippen MR) is 106 cm³/mol. The predicted octanol–water partition coefficient (Wildman–Crippen LogP) is 3.48. The van der Waals surface area contributed by atoms with Gasteiger partial charge in [-0.3, -0.25) is 9.89 Å². The molecular weight excluding hydrogens is 324 g/mol. The molecule has 0 spiro atoms. The van der Waals surface area contributed by atoms with Crippen molar-refractivity contribution in [1.29, 1.82) is 0 Å². The zero-order valence-corrected chi connectivity index (χ0v) is 15.9. The third-order valence-electron chi connectivity index (χ3n) is 4.97. The Morgan fingerprint density at radius 1 is 1.12 bits per heavy atom. The van der Waals surface area contributed by atoms with Crippen LogP contribution in [0.4, 0.5) is 0 Å². The molecule has 0 amide bonds. The van der Waals surface area contributed by atoms with Gasteiger partial charge in [-0.25, -0.2) is 0 Å². The van der Waals surface area contributed by atoms with Gasteiger partial charge in [-0.2, -0.15) is 0 Å². The number of piperidine rings is 1. The number of nitrogens with zero attached hydrogens (tertiary/aromatic N) is 2. The van der Waals surface area contributed by atoms with Crippen LogP contribution in [0.25, 0.3) is 0 Å². The van der Waals surface area contributed by atoms with Gasteiger partial charge in [0.05, 0.1) is 12.3 Å². The molecule has 1 aromatic carbocycles. The van der Waals surface area contributed by atoms with Gasteiger partial charge in [-0.05, 0) is 50.6 Å². The summed E-state index contributed by atoms with van der Waals surface area (Å²) in [4.78, 5) is 6.88. The lowest BCUT2D eigenvalue weighted by atomic mass is 10.1. The van der Waals surface area contributed by atoms with E-state index in [-0.39, 0.29) is 6.04 Å². The molecule has 1 atom stereocenters. The molecule has 1 saturated heterocycles. The molecule has 2 N–H and O–H groups in total. The molecule has 3 rings (SSSR count). The van der Waals surface area contributed by atoms with E-state index in [1.165, 1.54) is 30.4 Å². The SMILES string of the molecule is CN=C(NCc1ccc(C)cc1)NCC(c1ccco1)N1CCCCC1. The van der Waals surface area contributed by atoms with Crippen LogP contribution in [0, 0.1) is 6.92 Å². The highest BCUT2D eigenvalue weighted by molar-refractivity contribution is 5.79. The fourth-order valence-electron chi connectivity index (χ4n) is 3.43. The monoisotopic (exact) mass is 354 g/mol. The van der Waals surface area contributed by atoms with Crippen LogP contribution < -0.4 is 10.6 Å². The van der Waals surface area contributed by atoms with Crippen molar-refractivity contribution in [3.05, 3.63) is 59.5 Å². The summed E-state index contributed by atoms with van der Waals surface area (Å²) in [6.07, 6.45) is 5.61. The Kier molecular flexibility index (Phi) is 6.72. The van der Waals surface area contributed by atoms with Crippen molar-refractivity contribution in [2.24, 2.45) is 4.99 Å². The molecule has 1 aromatic heterocycles. The molecule has 5 heteroatoms. The summed E-state index contributed by atoms with van der Waals surface area (Å²) in [5, 5.41) is 6.87. The number of benzene rings is 1. The van der Waals surface area contributed by atoms with E-state index in [0.29, 0.717) is 0 Å². The van der Waals surface area contributed by atoms with Crippen LogP contribution in [-0.2, 0) is 6.54 Å². The zero-order chi connectivity index (χ0) is 18.2. The molecule has 140 valence electrons. The summed E-state index contributed by atoms with van der Waals surface area (Å²) < 4.78 is 5.71. The van der Waals surface area contributed by atoms with E-state index in [1.54, 1.807) is 6.26 Å². The van der Waals surface area contributed by atoms with Gasteiger partial charge >= 0.3 is 0 Å². The average molecular weight is 354 g/mol. The van der Waals surface area contributed by atoms with Crippen molar-refractivity contribution in [2.45, 2.75) is 38.8 Å². The number of guanidine groups is 1. The first-order valence-electron chi connectivity index (χ1n) is 9.54. The number of nitrogens with one attached hydrogen (secondary N) is 2. The maximum atomic E-state index is 5.71. The highest BCUT2D eigenvalue weighted by atomic mass is 16.3. The summed E-state index contributed by atoms with van der Waals surface area (Å²) in [6.45, 7) is 5.90. The Balaban J connectivity index is 1.56. The number of furan rings is 1. The number of rotatable bonds is 6. The van der Waals surface area contributed by atoms with E-state index in [4.69, 9.17) is 4.42 Å². The number of aliphatic imine (C=N–C) groups is 1. The summed E-state index contributed by atoms with van der Waals surface area (Å²) in [5.41, 5.74) is 2.52. The largest absolute Gasteiger partial charge is 0.468 e. The summed E-state index contributed by atoms with van der Waals surface area (Å²) in [7, 11) is 1.81. The van der Waals surface area contributed by atoms with Crippen LogP contribution in [0.1, 0.15) is 42.2 Å². The molecule has 26 heavy (non-hydrogen) atoms. The van der Waals surface area contributed by atoms with Crippen molar-refractivity contribution in [1.82, 2.24) is 15.5 Å². The van der Waals surface area contributed by atoms with Gasteiger partial charge in [0.25, 0.3) is 0 Å². The van der Waals surface area contributed by atoms with Gasteiger partial charge in [0.2, 0.25) is 0 Å². The Morgan fingerprint density at radius 3 is 2.54 bits per heavy atom. The van der Waals surface area contributed by atoms with Gasteiger partial charge in [0.1, 0.15) is 5.76 Å². The Hall–Kier alpha value is -2.27. The van der Waals surface area contributed by atoms with E-state index >= 15 is 0 Å². The number of hydrogen-bond donors (Lipinski definition) is 2. The van der Waals surface area contributed by atoms with E-state index in [0.717, 1.165) is 37.9 Å². The van der Waals surface area contributed by atoms with Crippen LogP contribution in [0.15, 0.2) is 52.1 Å². The highest BCUT2D eigenvalue weighted by Gasteiger charge is 2.24. The van der Waals surface area contributed by atoms with Crippen LogP contribution >= 0.6 is 0 Å². The second kappa shape index (κ2) is 9.43. The Morgan fingerprint density at radius 2 is 1.88 bits per heavy atom. The molecule has 0 aliphatic carbocycles.